The predicted molar refractivity (Wildman–Crippen MR) is 107 cm³/mol. The Balaban J connectivity index is 1.57. The molecule has 4 N–H and O–H groups in total. The number of nitrogens with one attached hydrogen (secondary N) is 4. The Labute approximate surface area is 168 Å². The molecule has 3 heterocycles. The van der Waals surface area contributed by atoms with Crippen molar-refractivity contribution in [1.82, 2.24) is 30.8 Å². The molecule has 2 aromatic rings. The Hall–Kier alpha value is -3.32. The molecule has 0 spiro atoms. The summed E-state index contributed by atoms with van der Waals surface area (Å²) >= 11 is 0. The molecule has 3 atom stereocenters. The fourth-order valence-corrected chi connectivity index (χ4v) is 4.18. The van der Waals surface area contributed by atoms with Gasteiger partial charge in [0.15, 0.2) is 17.2 Å². The smallest absolute Gasteiger partial charge is 0.273 e. The lowest BCUT2D eigenvalue weighted by Gasteiger charge is -2.31. The highest BCUT2D eigenvalue weighted by Crippen LogP contribution is 2.38. The quantitative estimate of drug-likeness (QED) is 0.586. The number of hydrogen-bond donors (Lipinski definition) is 4. The van der Waals surface area contributed by atoms with E-state index in [2.05, 4.69) is 41.4 Å². The first-order valence-corrected chi connectivity index (χ1v) is 9.74. The summed E-state index contributed by atoms with van der Waals surface area (Å²) in [5.41, 5.74) is 1.13. The van der Waals surface area contributed by atoms with Crippen LogP contribution in [0.15, 0.2) is 18.5 Å². The Kier molecular flexibility index (Phi) is 5.48. The van der Waals surface area contributed by atoms with Crippen molar-refractivity contribution in [2.24, 2.45) is 11.8 Å². The summed E-state index contributed by atoms with van der Waals surface area (Å²) in [4.78, 5) is 20.4. The van der Waals surface area contributed by atoms with Crippen LogP contribution in [0.3, 0.4) is 0 Å². The highest BCUT2D eigenvalue weighted by Gasteiger charge is 2.37. The van der Waals surface area contributed by atoms with E-state index in [1.165, 1.54) is 25.2 Å². The number of nitrogens with zero attached hydrogens (tertiary/aromatic N) is 5. The summed E-state index contributed by atoms with van der Waals surface area (Å²) in [6.07, 6.45) is 6.29. The molecule has 10 heteroatoms. The number of amides is 1. The maximum Gasteiger partial charge on any atom is 0.273 e. The topological polar surface area (TPSA) is 141 Å². The van der Waals surface area contributed by atoms with Crippen LogP contribution in [-0.2, 0) is 0 Å². The first-order valence-electron chi connectivity index (χ1n) is 9.74. The van der Waals surface area contributed by atoms with E-state index < -0.39 is 0 Å². The van der Waals surface area contributed by atoms with Gasteiger partial charge in [-0.05, 0) is 37.6 Å². The van der Waals surface area contributed by atoms with Crippen molar-refractivity contribution in [3.8, 4) is 6.07 Å². The molecular weight excluding hydrogens is 370 g/mol. The highest BCUT2D eigenvalue weighted by atomic mass is 16.1. The maximum absolute atomic E-state index is 12.3. The van der Waals surface area contributed by atoms with Gasteiger partial charge in [-0.2, -0.15) is 5.26 Å². The fraction of sp³-hybridized carbons (Fsp3) is 0.474. The molecule has 3 unspecified atom stereocenters. The van der Waals surface area contributed by atoms with Crippen molar-refractivity contribution in [2.75, 3.05) is 30.8 Å². The van der Waals surface area contributed by atoms with Gasteiger partial charge in [0.25, 0.3) is 5.91 Å². The van der Waals surface area contributed by atoms with Crippen molar-refractivity contribution in [3.05, 3.63) is 29.8 Å². The van der Waals surface area contributed by atoms with Gasteiger partial charge in [-0.3, -0.25) is 4.79 Å². The minimum Gasteiger partial charge on any atom is -0.380 e. The van der Waals surface area contributed by atoms with Crippen LogP contribution in [0.1, 0.15) is 35.4 Å². The number of hydrogen-bond acceptors (Lipinski definition) is 9. The number of piperidine rings is 1. The summed E-state index contributed by atoms with van der Waals surface area (Å²) < 4.78 is 0. The first kappa shape index (κ1) is 19.0. The Morgan fingerprint density at radius 1 is 1.21 bits per heavy atom. The number of aromatic nitrogens is 4. The number of carbonyl (C=O) groups excluding carboxylic acids is 1. The van der Waals surface area contributed by atoms with Gasteiger partial charge in [-0.15, -0.1) is 10.2 Å². The van der Waals surface area contributed by atoms with Crippen LogP contribution in [0.2, 0.25) is 0 Å². The monoisotopic (exact) mass is 393 g/mol. The third kappa shape index (κ3) is 4.09. The number of fused-ring (bicyclic) bond motifs is 1. The van der Waals surface area contributed by atoms with E-state index in [-0.39, 0.29) is 23.3 Å². The number of carbonyl (C=O) groups is 1. The van der Waals surface area contributed by atoms with Crippen molar-refractivity contribution in [3.63, 3.8) is 0 Å². The molecule has 1 aliphatic carbocycles. The second-order valence-electron chi connectivity index (χ2n) is 7.34. The van der Waals surface area contributed by atoms with Crippen LogP contribution >= 0.6 is 0 Å². The standard InChI is InChI=1S/C19H23N9O/c1-21-19(29)18-15(25-14-3-2-11-4-5-22-9-13(11)14)6-16(27-28-18)26-17-10-23-12(7-20)8-24-17/h6,8,10-11,13-14,22H,2-5,9H2,1H3,(H,21,29)(H2,24,25,26,27). The fourth-order valence-electron chi connectivity index (χ4n) is 4.18. The van der Waals surface area contributed by atoms with Gasteiger partial charge in [0.2, 0.25) is 0 Å². The van der Waals surface area contributed by atoms with E-state index in [0.717, 1.165) is 25.4 Å². The maximum atomic E-state index is 12.3. The van der Waals surface area contributed by atoms with E-state index >= 15 is 0 Å². The SMILES string of the molecule is CNC(=O)c1nnc(Nc2cnc(C#N)cn2)cc1NC1CCC2CCNCC21. The zero-order chi connectivity index (χ0) is 20.2. The van der Waals surface area contributed by atoms with Gasteiger partial charge in [-0.25, -0.2) is 9.97 Å². The first-order chi connectivity index (χ1) is 14.2. The van der Waals surface area contributed by atoms with E-state index in [1.807, 2.05) is 6.07 Å². The van der Waals surface area contributed by atoms with E-state index in [9.17, 15) is 4.79 Å². The molecule has 1 aliphatic heterocycles. The summed E-state index contributed by atoms with van der Waals surface area (Å²) in [5.74, 6) is 1.85. The zero-order valence-corrected chi connectivity index (χ0v) is 16.1. The molecule has 1 saturated heterocycles. The molecule has 0 radical (unpaired) electrons. The normalized spacial score (nSPS) is 23.0. The number of nitriles is 1. The molecule has 1 saturated carbocycles. The van der Waals surface area contributed by atoms with Crippen molar-refractivity contribution < 1.29 is 4.79 Å². The lowest BCUT2D eigenvalue weighted by Crippen LogP contribution is -2.41. The van der Waals surface area contributed by atoms with Gasteiger partial charge in [-0.1, -0.05) is 0 Å². The lowest BCUT2D eigenvalue weighted by molar-refractivity contribution is 0.0958. The van der Waals surface area contributed by atoms with Crippen LogP contribution in [0.5, 0.6) is 0 Å². The average Bonchev–Trinajstić information content (AvgIpc) is 3.17. The zero-order valence-electron chi connectivity index (χ0n) is 16.1. The number of rotatable bonds is 5. The Morgan fingerprint density at radius 3 is 2.86 bits per heavy atom. The van der Waals surface area contributed by atoms with Crippen LogP contribution in [0.4, 0.5) is 17.3 Å². The van der Waals surface area contributed by atoms with Gasteiger partial charge < -0.3 is 21.3 Å². The van der Waals surface area contributed by atoms with Crippen LogP contribution < -0.4 is 21.3 Å². The van der Waals surface area contributed by atoms with Gasteiger partial charge in [0.05, 0.1) is 18.1 Å². The van der Waals surface area contributed by atoms with E-state index in [1.54, 1.807) is 13.1 Å². The second kappa shape index (κ2) is 8.36. The van der Waals surface area contributed by atoms with Gasteiger partial charge in [0.1, 0.15) is 11.9 Å². The molecule has 2 aromatic heterocycles. The minimum absolute atomic E-state index is 0.232. The molecule has 10 nitrogen and oxygen atoms in total. The lowest BCUT2D eigenvalue weighted by atomic mass is 9.88. The largest absolute Gasteiger partial charge is 0.380 e. The molecule has 0 bridgehead atoms. The molecule has 4 rings (SSSR count). The average molecular weight is 393 g/mol. The van der Waals surface area contributed by atoms with Crippen LogP contribution in [-0.4, -0.2) is 52.3 Å². The van der Waals surface area contributed by atoms with Crippen molar-refractivity contribution in [1.29, 1.82) is 5.26 Å². The molecule has 2 aliphatic rings. The van der Waals surface area contributed by atoms with Crippen molar-refractivity contribution in [2.45, 2.75) is 25.3 Å². The molecule has 150 valence electrons. The highest BCUT2D eigenvalue weighted by molar-refractivity contribution is 5.97. The molecule has 1 amide bonds. The second-order valence-corrected chi connectivity index (χ2v) is 7.34. The van der Waals surface area contributed by atoms with Crippen LogP contribution in [0.25, 0.3) is 0 Å². The number of anilines is 3. The Bertz CT molecular complexity index is 924. The van der Waals surface area contributed by atoms with E-state index in [4.69, 9.17) is 5.26 Å². The summed E-state index contributed by atoms with van der Waals surface area (Å²) in [5, 5.41) is 29.7. The van der Waals surface area contributed by atoms with Gasteiger partial charge in [0, 0.05) is 25.7 Å². The van der Waals surface area contributed by atoms with Crippen molar-refractivity contribution >= 4 is 23.2 Å². The summed E-state index contributed by atoms with van der Waals surface area (Å²) in [6, 6.07) is 3.97. The predicted octanol–water partition coefficient (Wildman–Crippen LogP) is 1.04. The van der Waals surface area contributed by atoms with Crippen LogP contribution in [0, 0.1) is 23.2 Å². The minimum atomic E-state index is -0.291. The van der Waals surface area contributed by atoms with Gasteiger partial charge >= 0.3 is 0 Å². The molecule has 2 fully saturated rings. The Morgan fingerprint density at radius 2 is 2.10 bits per heavy atom. The molecule has 0 aromatic carbocycles. The third-order valence-corrected chi connectivity index (χ3v) is 5.64. The summed E-state index contributed by atoms with van der Waals surface area (Å²) in [7, 11) is 1.57. The molecular formula is C19H23N9O. The van der Waals surface area contributed by atoms with E-state index in [0.29, 0.717) is 23.2 Å². The molecule has 29 heavy (non-hydrogen) atoms. The third-order valence-electron chi connectivity index (χ3n) is 5.64. The summed E-state index contributed by atoms with van der Waals surface area (Å²) in [6.45, 7) is 2.07.